The molecular formula is C16H24N2O2. The van der Waals surface area contributed by atoms with Crippen LogP contribution in [-0.2, 0) is 11.3 Å². The maximum atomic E-state index is 11.7. The standard InChI is InChI=1S/C16H24N2O2/c1-13-10-17-9-5-8-15(13)11-18-16(19)20-12-14-6-3-2-4-7-14/h2-4,6-7,13,15,17H,5,8-12H2,1H3,(H,18,19). The SMILES string of the molecule is CC1CNCCCC1CNC(=O)OCc1ccccc1. The van der Waals surface area contributed by atoms with Crippen LogP contribution < -0.4 is 10.6 Å². The number of nitrogens with one attached hydrogen (secondary N) is 2. The number of hydrogen-bond donors (Lipinski definition) is 2. The fourth-order valence-electron chi connectivity index (χ4n) is 2.56. The predicted octanol–water partition coefficient (Wildman–Crippen LogP) is 2.55. The first-order valence-corrected chi connectivity index (χ1v) is 7.41. The zero-order chi connectivity index (χ0) is 14.2. The number of rotatable bonds is 4. The first kappa shape index (κ1) is 14.9. The average molecular weight is 276 g/mol. The molecule has 4 nitrogen and oxygen atoms in total. The van der Waals surface area contributed by atoms with E-state index in [-0.39, 0.29) is 6.09 Å². The van der Waals surface area contributed by atoms with Crippen LogP contribution in [0.25, 0.3) is 0 Å². The lowest BCUT2D eigenvalue weighted by molar-refractivity contribution is 0.136. The summed E-state index contributed by atoms with van der Waals surface area (Å²) < 4.78 is 5.22. The van der Waals surface area contributed by atoms with Crippen LogP contribution >= 0.6 is 0 Å². The molecule has 1 aliphatic rings. The average Bonchev–Trinajstić information content (AvgIpc) is 2.68. The van der Waals surface area contributed by atoms with E-state index in [0.29, 0.717) is 25.0 Å². The van der Waals surface area contributed by atoms with Gasteiger partial charge in [0.2, 0.25) is 0 Å². The summed E-state index contributed by atoms with van der Waals surface area (Å²) in [5, 5.41) is 6.31. The highest BCUT2D eigenvalue weighted by Crippen LogP contribution is 2.18. The van der Waals surface area contributed by atoms with Crippen molar-refractivity contribution in [2.24, 2.45) is 11.8 Å². The van der Waals surface area contributed by atoms with Gasteiger partial charge in [0, 0.05) is 6.54 Å². The second-order valence-corrected chi connectivity index (χ2v) is 5.53. The normalized spacial score (nSPS) is 22.9. The molecule has 110 valence electrons. The second-order valence-electron chi connectivity index (χ2n) is 5.53. The van der Waals surface area contributed by atoms with Gasteiger partial charge in [-0.2, -0.15) is 0 Å². The van der Waals surface area contributed by atoms with Crippen LogP contribution in [-0.4, -0.2) is 25.7 Å². The molecule has 4 heteroatoms. The number of carbonyl (C=O) groups excluding carboxylic acids is 1. The van der Waals surface area contributed by atoms with Gasteiger partial charge in [-0.25, -0.2) is 4.79 Å². The van der Waals surface area contributed by atoms with Crippen molar-refractivity contribution < 1.29 is 9.53 Å². The molecule has 2 unspecified atom stereocenters. The third-order valence-electron chi connectivity index (χ3n) is 3.92. The highest BCUT2D eigenvalue weighted by molar-refractivity contribution is 5.67. The Morgan fingerprint density at radius 2 is 2.20 bits per heavy atom. The molecule has 20 heavy (non-hydrogen) atoms. The number of ether oxygens (including phenoxy) is 1. The summed E-state index contributed by atoms with van der Waals surface area (Å²) in [6.07, 6.45) is 2.02. The molecule has 1 amide bonds. The zero-order valence-corrected chi connectivity index (χ0v) is 12.1. The van der Waals surface area contributed by atoms with E-state index in [0.717, 1.165) is 25.1 Å². The molecule has 1 aromatic rings. The van der Waals surface area contributed by atoms with E-state index in [1.807, 2.05) is 30.3 Å². The van der Waals surface area contributed by atoms with Gasteiger partial charge in [-0.3, -0.25) is 0 Å². The largest absolute Gasteiger partial charge is 0.445 e. The van der Waals surface area contributed by atoms with Crippen molar-refractivity contribution in [2.75, 3.05) is 19.6 Å². The topological polar surface area (TPSA) is 50.4 Å². The van der Waals surface area contributed by atoms with E-state index in [9.17, 15) is 4.79 Å². The first-order chi connectivity index (χ1) is 9.75. The van der Waals surface area contributed by atoms with Gasteiger partial charge in [-0.1, -0.05) is 37.3 Å². The second kappa shape index (κ2) is 7.90. The Balaban J connectivity index is 1.69. The van der Waals surface area contributed by atoms with E-state index in [4.69, 9.17) is 4.74 Å². The van der Waals surface area contributed by atoms with Gasteiger partial charge in [0.1, 0.15) is 6.61 Å². The van der Waals surface area contributed by atoms with Gasteiger partial charge in [0.25, 0.3) is 0 Å². The van der Waals surface area contributed by atoms with E-state index in [1.165, 1.54) is 6.42 Å². The van der Waals surface area contributed by atoms with E-state index < -0.39 is 0 Å². The Labute approximate surface area is 120 Å². The van der Waals surface area contributed by atoms with Crippen molar-refractivity contribution in [1.82, 2.24) is 10.6 Å². The molecule has 0 bridgehead atoms. The van der Waals surface area contributed by atoms with Crippen LogP contribution in [0.3, 0.4) is 0 Å². The molecule has 2 rings (SSSR count). The van der Waals surface area contributed by atoms with Crippen LogP contribution in [0, 0.1) is 11.8 Å². The van der Waals surface area contributed by atoms with E-state index in [2.05, 4.69) is 17.6 Å². The molecule has 1 fully saturated rings. The summed E-state index contributed by atoms with van der Waals surface area (Å²) in [5.41, 5.74) is 1.01. The van der Waals surface area contributed by atoms with Gasteiger partial charge >= 0.3 is 6.09 Å². The molecule has 1 aliphatic heterocycles. The summed E-state index contributed by atoms with van der Waals surface area (Å²) in [6.45, 7) is 5.38. The van der Waals surface area contributed by atoms with Crippen LogP contribution in [0.4, 0.5) is 4.79 Å². The van der Waals surface area contributed by atoms with Crippen molar-refractivity contribution in [2.45, 2.75) is 26.4 Å². The summed E-state index contributed by atoms with van der Waals surface area (Å²) in [7, 11) is 0. The number of amides is 1. The van der Waals surface area contributed by atoms with Gasteiger partial charge in [0.15, 0.2) is 0 Å². The number of benzene rings is 1. The Hall–Kier alpha value is -1.55. The molecule has 0 spiro atoms. The lowest BCUT2D eigenvalue weighted by atomic mass is 9.91. The lowest BCUT2D eigenvalue weighted by Gasteiger charge is -2.21. The van der Waals surface area contributed by atoms with Crippen LogP contribution in [0.5, 0.6) is 0 Å². The molecular weight excluding hydrogens is 252 g/mol. The van der Waals surface area contributed by atoms with Crippen LogP contribution in [0.15, 0.2) is 30.3 Å². The number of alkyl carbamates (subject to hydrolysis) is 1. The van der Waals surface area contributed by atoms with Crippen molar-refractivity contribution in [3.63, 3.8) is 0 Å². The first-order valence-electron chi connectivity index (χ1n) is 7.41. The van der Waals surface area contributed by atoms with Crippen LogP contribution in [0.2, 0.25) is 0 Å². The molecule has 2 atom stereocenters. The molecule has 2 N–H and O–H groups in total. The molecule has 1 heterocycles. The summed E-state index contributed by atoms with van der Waals surface area (Å²) in [4.78, 5) is 11.7. The minimum absolute atomic E-state index is 0.321. The Morgan fingerprint density at radius 3 is 3.00 bits per heavy atom. The fraction of sp³-hybridized carbons (Fsp3) is 0.562. The van der Waals surface area contributed by atoms with E-state index >= 15 is 0 Å². The Morgan fingerprint density at radius 1 is 1.40 bits per heavy atom. The molecule has 0 aliphatic carbocycles. The van der Waals surface area contributed by atoms with Crippen molar-refractivity contribution in [3.05, 3.63) is 35.9 Å². The van der Waals surface area contributed by atoms with Crippen LogP contribution in [0.1, 0.15) is 25.3 Å². The zero-order valence-electron chi connectivity index (χ0n) is 12.1. The van der Waals surface area contributed by atoms with Gasteiger partial charge in [-0.15, -0.1) is 0 Å². The lowest BCUT2D eigenvalue weighted by Crippen LogP contribution is -2.33. The highest BCUT2D eigenvalue weighted by atomic mass is 16.5. The molecule has 0 radical (unpaired) electrons. The molecule has 0 aromatic heterocycles. The third-order valence-corrected chi connectivity index (χ3v) is 3.92. The monoisotopic (exact) mass is 276 g/mol. The van der Waals surface area contributed by atoms with Gasteiger partial charge in [0.05, 0.1) is 0 Å². The summed E-state index contributed by atoms with van der Waals surface area (Å²) in [6, 6.07) is 9.73. The molecule has 0 saturated carbocycles. The Bertz CT molecular complexity index is 408. The third kappa shape index (κ3) is 4.85. The number of carbonyl (C=O) groups is 1. The summed E-state index contributed by atoms with van der Waals surface area (Å²) in [5.74, 6) is 1.13. The predicted molar refractivity (Wildman–Crippen MR) is 79.4 cm³/mol. The van der Waals surface area contributed by atoms with Gasteiger partial charge < -0.3 is 15.4 Å². The van der Waals surface area contributed by atoms with Crippen molar-refractivity contribution in [1.29, 1.82) is 0 Å². The van der Waals surface area contributed by atoms with E-state index in [1.54, 1.807) is 0 Å². The van der Waals surface area contributed by atoms with Crippen molar-refractivity contribution in [3.8, 4) is 0 Å². The maximum Gasteiger partial charge on any atom is 0.407 e. The number of hydrogen-bond acceptors (Lipinski definition) is 3. The minimum atomic E-state index is -0.321. The quantitative estimate of drug-likeness (QED) is 0.888. The summed E-state index contributed by atoms with van der Waals surface area (Å²) >= 11 is 0. The highest BCUT2D eigenvalue weighted by Gasteiger charge is 2.20. The molecule has 1 aromatic carbocycles. The maximum absolute atomic E-state index is 11.7. The minimum Gasteiger partial charge on any atom is -0.445 e. The fourth-order valence-corrected chi connectivity index (χ4v) is 2.56. The Kier molecular flexibility index (Phi) is 5.87. The smallest absolute Gasteiger partial charge is 0.407 e. The van der Waals surface area contributed by atoms with Gasteiger partial charge in [-0.05, 0) is 43.3 Å². The molecule has 1 saturated heterocycles. The van der Waals surface area contributed by atoms with Crippen molar-refractivity contribution >= 4 is 6.09 Å².